The maximum atomic E-state index is 10.7. The summed E-state index contributed by atoms with van der Waals surface area (Å²) in [4.78, 5) is 10.7. The van der Waals surface area contributed by atoms with E-state index in [1.807, 2.05) is 0 Å². The number of carbonyl (C=O) groups excluding carboxylic acids is 1. The van der Waals surface area contributed by atoms with Crippen molar-refractivity contribution in [3.05, 3.63) is 0 Å². The van der Waals surface area contributed by atoms with Crippen LogP contribution in [0.5, 0.6) is 0 Å². The molecule has 1 atom stereocenters. The molecule has 0 saturated carbocycles. The topological polar surface area (TPSA) is 72.5 Å². The second-order valence-electron chi connectivity index (χ2n) is 2.79. The summed E-state index contributed by atoms with van der Waals surface area (Å²) >= 11 is 0. The molecule has 12 heavy (non-hydrogen) atoms. The second-order valence-corrected chi connectivity index (χ2v) is 4.44. The molecule has 1 aliphatic heterocycles. The highest BCUT2D eigenvalue weighted by Crippen LogP contribution is 2.07. The molecule has 1 rings (SSSR count). The first-order valence-electron chi connectivity index (χ1n) is 3.61. The van der Waals surface area contributed by atoms with Gasteiger partial charge in [0.2, 0.25) is 5.91 Å². The number of hydrogen-bond donors (Lipinski definition) is 1. The average molecular weight is 193 g/mol. The van der Waals surface area contributed by atoms with Crippen molar-refractivity contribution in [2.75, 3.05) is 12.9 Å². The zero-order chi connectivity index (χ0) is 9.19. The summed E-state index contributed by atoms with van der Waals surface area (Å²) in [5.74, 6) is -0.0444. The van der Waals surface area contributed by atoms with Gasteiger partial charge < -0.3 is 5.32 Å². The van der Waals surface area contributed by atoms with Crippen LogP contribution in [0.4, 0.5) is 0 Å². The van der Waals surface area contributed by atoms with Crippen LogP contribution in [0.1, 0.15) is 12.8 Å². The van der Waals surface area contributed by atoms with Crippen LogP contribution >= 0.6 is 0 Å². The van der Waals surface area contributed by atoms with Gasteiger partial charge in [-0.1, -0.05) is 0 Å². The van der Waals surface area contributed by atoms with Crippen LogP contribution in [-0.2, 0) is 19.1 Å². The van der Waals surface area contributed by atoms with Gasteiger partial charge in [0.1, 0.15) is 0 Å². The number of nitrogens with one attached hydrogen (secondary N) is 1. The summed E-state index contributed by atoms with van der Waals surface area (Å²) in [5, 5.41) is 2.60. The van der Waals surface area contributed by atoms with E-state index in [2.05, 4.69) is 9.50 Å². The molecule has 6 heteroatoms. The van der Waals surface area contributed by atoms with Gasteiger partial charge in [0.25, 0.3) is 10.1 Å². The minimum atomic E-state index is -3.38. The lowest BCUT2D eigenvalue weighted by Crippen LogP contribution is -2.30. The second kappa shape index (κ2) is 3.40. The van der Waals surface area contributed by atoms with Crippen LogP contribution in [0.25, 0.3) is 0 Å². The van der Waals surface area contributed by atoms with Gasteiger partial charge in [-0.15, -0.1) is 0 Å². The summed E-state index contributed by atoms with van der Waals surface area (Å²) in [5.41, 5.74) is 0. The van der Waals surface area contributed by atoms with E-state index in [-0.39, 0.29) is 18.6 Å². The Morgan fingerprint density at radius 3 is 2.75 bits per heavy atom. The Bertz CT molecular complexity index is 271. The molecule has 1 saturated heterocycles. The first-order valence-corrected chi connectivity index (χ1v) is 5.43. The SMILES string of the molecule is CS(=O)(=O)OCC1CCC(=O)N1. The third-order valence-electron chi connectivity index (χ3n) is 1.57. The van der Waals surface area contributed by atoms with Gasteiger partial charge in [-0.3, -0.25) is 8.98 Å². The molecule has 0 bridgehead atoms. The van der Waals surface area contributed by atoms with Crippen LogP contribution in [0.3, 0.4) is 0 Å². The van der Waals surface area contributed by atoms with E-state index < -0.39 is 10.1 Å². The van der Waals surface area contributed by atoms with Gasteiger partial charge in [0.15, 0.2) is 0 Å². The van der Waals surface area contributed by atoms with E-state index in [1.54, 1.807) is 0 Å². The standard InChI is InChI=1S/C6H11NO4S/c1-12(9,10)11-4-5-2-3-6(8)7-5/h5H,2-4H2,1H3,(H,7,8). The summed E-state index contributed by atoms with van der Waals surface area (Å²) in [7, 11) is -3.38. The lowest BCUT2D eigenvalue weighted by Gasteiger charge is -2.07. The fraction of sp³-hybridized carbons (Fsp3) is 0.833. The largest absolute Gasteiger partial charge is 0.351 e. The normalized spacial score (nSPS) is 24.1. The van der Waals surface area contributed by atoms with Crippen molar-refractivity contribution in [1.82, 2.24) is 5.32 Å². The minimum absolute atomic E-state index is 0.0444. The molecule has 0 aromatic carbocycles. The number of amides is 1. The summed E-state index contributed by atoms with van der Waals surface area (Å²) in [6, 6.07) is -0.146. The average Bonchev–Trinajstić information content (AvgIpc) is 2.30. The van der Waals surface area contributed by atoms with Gasteiger partial charge in [-0.2, -0.15) is 8.42 Å². The lowest BCUT2D eigenvalue weighted by atomic mass is 10.2. The number of rotatable bonds is 3. The molecule has 5 nitrogen and oxygen atoms in total. The fourth-order valence-corrected chi connectivity index (χ4v) is 1.42. The molecule has 0 aromatic heterocycles. The van der Waals surface area contributed by atoms with Crippen molar-refractivity contribution in [2.24, 2.45) is 0 Å². The molecule has 0 spiro atoms. The first-order chi connectivity index (χ1) is 5.47. The Morgan fingerprint density at radius 2 is 2.33 bits per heavy atom. The highest BCUT2D eigenvalue weighted by atomic mass is 32.2. The molecular formula is C6H11NO4S. The smallest absolute Gasteiger partial charge is 0.264 e. The maximum absolute atomic E-state index is 10.7. The Morgan fingerprint density at radius 1 is 1.67 bits per heavy atom. The molecule has 1 unspecified atom stereocenters. The summed E-state index contributed by atoms with van der Waals surface area (Å²) in [6.07, 6.45) is 2.09. The van der Waals surface area contributed by atoms with E-state index in [9.17, 15) is 13.2 Å². The van der Waals surface area contributed by atoms with Crippen LogP contribution in [0.15, 0.2) is 0 Å². The van der Waals surface area contributed by atoms with Crippen molar-refractivity contribution in [2.45, 2.75) is 18.9 Å². The predicted molar refractivity (Wildman–Crippen MR) is 42.0 cm³/mol. The third-order valence-corrected chi connectivity index (χ3v) is 2.13. The Labute approximate surface area is 71.2 Å². The molecule has 1 fully saturated rings. The van der Waals surface area contributed by atoms with E-state index in [0.29, 0.717) is 12.8 Å². The predicted octanol–water partition coefficient (Wildman–Crippen LogP) is -0.759. The number of carbonyl (C=O) groups is 1. The highest BCUT2D eigenvalue weighted by Gasteiger charge is 2.21. The van der Waals surface area contributed by atoms with Gasteiger partial charge >= 0.3 is 0 Å². The molecule has 1 aliphatic rings. The summed E-state index contributed by atoms with van der Waals surface area (Å²) < 4.78 is 25.6. The molecule has 0 radical (unpaired) electrons. The van der Waals surface area contributed by atoms with Crippen molar-refractivity contribution in [3.8, 4) is 0 Å². The zero-order valence-electron chi connectivity index (χ0n) is 6.74. The van der Waals surface area contributed by atoms with Crippen LogP contribution in [0.2, 0.25) is 0 Å². The van der Waals surface area contributed by atoms with Crippen molar-refractivity contribution in [1.29, 1.82) is 0 Å². The molecule has 0 aromatic rings. The van der Waals surface area contributed by atoms with Crippen molar-refractivity contribution in [3.63, 3.8) is 0 Å². The highest BCUT2D eigenvalue weighted by molar-refractivity contribution is 7.85. The van der Waals surface area contributed by atoms with Gasteiger partial charge in [-0.05, 0) is 6.42 Å². The minimum Gasteiger partial charge on any atom is -0.351 e. The van der Waals surface area contributed by atoms with Crippen molar-refractivity contribution >= 4 is 16.0 Å². The summed E-state index contributed by atoms with van der Waals surface area (Å²) in [6.45, 7) is 0.0462. The third kappa shape index (κ3) is 3.19. The Balaban J connectivity index is 2.30. The molecular weight excluding hydrogens is 182 g/mol. The van der Waals surface area contributed by atoms with Crippen molar-refractivity contribution < 1.29 is 17.4 Å². The quantitative estimate of drug-likeness (QED) is 0.598. The first kappa shape index (κ1) is 9.47. The number of hydrogen-bond acceptors (Lipinski definition) is 4. The molecule has 70 valence electrons. The lowest BCUT2D eigenvalue weighted by molar-refractivity contribution is -0.119. The van der Waals surface area contributed by atoms with Gasteiger partial charge in [-0.25, -0.2) is 0 Å². The van der Waals surface area contributed by atoms with Gasteiger partial charge in [0.05, 0.1) is 18.9 Å². The monoisotopic (exact) mass is 193 g/mol. The van der Waals surface area contributed by atoms with E-state index in [4.69, 9.17) is 0 Å². The Hall–Kier alpha value is -0.620. The molecule has 1 heterocycles. The van der Waals surface area contributed by atoms with Crippen LogP contribution in [0, 0.1) is 0 Å². The Kier molecular flexibility index (Phi) is 2.69. The van der Waals surface area contributed by atoms with Crippen LogP contribution < -0.4 is 5.32 Å². The molecule has 0 aliphatic carbocycles. The van der Waals surface area contributed by atoms with Crippen LogP contribution in [-0.4, -0.2) is 33.2 Å². The van der Waals surface area contributed by atoms with E-state index in [0.717, 1.165) is 6.26 Å². The maximum Gasteiger partial charge on any atom is 0.264 e. The molecule has 1 amide bonds. The molecule has 1 N–H and O–H groups in total. The zero-order valence-corrected chi connectivity index (χ0v) is 7.56. The van der Waals surface area contributed by atoms with Gasteiger partial charge in [0, 0.05) is 6.42 Å². The van der Waals surface area contributed by atoms with E-state index >= 15 is 0 Å². The fourth-order valence-electron chi connectivity index (χ4n) is 1.01. The van der Waals surface area contributed by atoms with E-state index in [1.165, 1.54) is 0 Å².